The molecule has 160 valence electrons. The second-order valence-corrected chi connectivity index (χ2v) is 9.57. The summed E-state index contributed by atoms with van der Waals surface area (Å²) in [7, 11) is 1.97. The molecule has 1 aromatic heterocycles. The van der Waals surface area contributed by atoms with Crippen LogP contribution in [0.25, 0.3) is 0 Å². The summed E-state index contributed by atoms with van der Waals surface area (Å²) in [6.07, 6.45) is 1.28. The molecule has 5 heterocycles. The molecule has 3 atom stereocenters. The van der Waals surface area contributed by atoms with Crippen molar-refractivity contribution in [2.75, 3.05) is 39.3 Å². The number of carbonyl (C=O) groups is 1. The van der Waals surface area contributed by atoms with Crippen molar-refractivity contribution >= 4 is 5.91 Å². The van der Waals surface area contributed by atoms with Crippen LogP contribution in [-0.2, 0) is 23.7 Å². The molecule has 4 fully saturated rings. The molecule has 2 aromatic rings. The van der Waals surface area contributed by atoms with Gasteiger partial charge in [-0.2, -0.15) is 5.10 Å². The molecule has 1 amide bonds. The highest BCUT2D eigenvalue weighted by atomic mass is 16.1. The van der Waals surface area contributed by atoms with Crippen LogP contribution in [0.3, 0.4) is 0 Å². The van der Waals surface area contributed by atoms with Gasteiger partial charge in [-0.25, -0.2) is 0 Å². The first-order chi connectivity index (χ1) is 14.5. The van der Waals surface area contributed by atoms with Gasteiger partial charge in [0.05, 0.1) is 5.69 Å². The maximum Gasteiger partial charge on any atom is 0.220 e. The zero-order valence-corrected chi connectivity index (χ0v) is 18.4. The number of nitrogens with zero attached hydrogens (tertiary/aromatic N) is 4. The fraction of sp³-hybridized carbons (Fsp3) is 0.583. The summed E-state index contributed by atoms with van der Waals surface area (Å²) in [5.41, 5.74) is 4.76. The molecule has 0 aliphatic carbocycles. The number of fused-ring (bicyclic) bond motifs is 1. The van der Waals surface area contributed by atoms with Gasteiger partial charge in [-0.05, 0) is 31.4 Å². The van der Waals surface area contributed by atoms with Gasteiger partial charge >= 0.3 is 0 Å². The molecule has 6 heteroatoms. The second kappa shape index (κ2) is 7.50. The Kier molecular flexibility index (Phi) is 4.94. The molecule has 6 nitrogen and oxygen atoms in total. The highest BCUT2D eigenvalue weighted by molar-refractivity contribution is 5.77. The lowest BCUT2D eigenvalue weighted by molar-refractivity contribution is -0.124. The molecular weight excluding hydrogens is 374 g/mol. The number of aryl methyl sites for hydroxylation is 2. The molecule has 0 spiro atoms. The molecule has 4 aliphatic rings. The van der Waals surface area contributed by atoms with Crippen molar-refractivity contribution in [2.45, 2.75) is 38.1 Å². The van der Waals surface area contributed by atoms with E-state index in [2.05, 4.69) is 57.5 Å². The van der Waals surface area contributed by atoms with Gasteiger partial charge in [-0.1, -0.05) is 30.3 Å². The van der Waals surface area contributed by atoms with Crippen molar-refractivity contribution in [3.63, 3.8) is 0 Å². The van der Waals surface area contributed by atoms with E-state index in [4.69, 9.17) is 0 Å². The van der Waals surface area contributed by atoms with E-state index in [-0.39, 0.29) is 17.4 Å². The minimum absolute atomic E-state index is 0.0191. The minimum atomic E-state index is -0.0191. The van der Waals surface area contributed by atoms with Gasteiger partial charge in [0.25, 0.3) is 0 Å². The van der Waals surface area contributed by atoms with E-state index in [0.717, 1.165) is 57.1 Å². The first-order valence-corrected chi connectivity index (χ1v) is 11.2. The molecule has 4 saturated heterocycles. The van der Waals surface area contributed by atoms with E-state index in [9.17, 15) is 4.79 Å². The summed E-state index contributed by atoms with van der Waals surface area (Å²) in [5.74, 6) is 0.662. The standard InChI is InChI=1S/C24H33N5O/c1-17-21(18(2)27(3)26-17)9-10-22(30)25-23-19-13-28-11-12-29(14-19)16-24(23,15-28)20-7-5-4-6-8-20/h4-8,19,23H,9-16H2,1-3H3,(H,25,30). The first kappa shape index (κ1) is 19.8. The largest absolute Gasteiger partial charge is 0.352 e. The molecule has 1 N–H and O–H groups in total. The predicted octanol–water partition coefficient (Wildman–Crippen LogP) is 1.65. The van der Waals surface area contributed by atoms with Crippen LogP contribution in [0.5, 0.6) is 0 Å². The normalized spacial score (nSPS) is 32.2. The van der Waals surface area contributed by atoms with Gasteiger partial charge < -0.3 is 15.1 Å². The Morgan fingerprint density at radius 1 is 1.13 bits per heavy atom. The Morgan fingerprint density at radius 3 is 2.40 bits per heavy atom. The van der Waals surface area contributed by atoms with E-state index in [0.29, 0.717) is 12.3 Å². The Bertz CT molecular complexity index is 921. The first-order valence-electron chi connectivity index (χ1n) is 11.2. The topological polar surface area (TPSA) is 53.4 Å². The quantitative estimate of drug-likeness (QED) is 0.819. The van der Waals surface area contributed by atoms with Crippen LogP contribution in [0.15, 0.2) is 30.3 Å². The molecule has 1 aromatic carbocycles. The second-order valence-electron chi connectivity index (χ2n) is 9.57. The Hall–Kier alpha value is -2.18. The van der Waals surface area contributed by atoms with Crippen molar-refractivity contribution in [2.24, 2.45) is 13.0 Å². The number of hydrogen-bond acceptors (Lipinski definition) is 4. The smallest absolute Gasteiger partial charge is 0.220 e. The number of piperidine rings is 2. The van der Waals surface area contributed by atoms with E-state index >= 15 is 0 Å². The van der Waals surface area contributed by atoms with Crippen molar-refractivity contribution in [3.8, 4) is 0 Å². The Balaban J connectivity index is 1.38. The number of aromatic nitrogens is 2. The van der Waals surface area contributed by atoms with Crippen LogP contribution >= 0.6 is 0 Å². The lowest BCUT2D eigenvalue weighted by Crippen LogP contribution is -2.70. The van der Waals surface area contributed by atoms with Gasteiger partial charge in [0.15, 0.2) is 0 Å². The molecule has 30 heavy (non-hydrogen) atoms. The summed E-state index contributed by atoms with van der Waals surface area (Å²) in [5, 5.41) is 8.02. The SMILES string of the molecule is Cc1nn(C)c(C)c1CCC(=O)NC1C2CN3CCN(C2)CC1(c1ccccc1)C3. The fourth-order valence-corrected chi connectivity index (χ4v) is 6.23. The third-order valence-corrected chi connectivity index (χ3v) is 7.72. The zero-order valence-electron chi connectivity index (χ0n) is 18.4. The molecular formula is C24H33N5O. The Morgan fingerprint density at radius 2 is 1.80 bits per heavy atom. The van der Waals surface area contributed by atoms with Crippen LogP contribution in [-0.4, -0.2) is 70.8 Å². The third-order valence-electron chi connectivity index (χ3n) is 7.72. The number of carbonyl (C=O) groups excluding carboxylic acids is 1. The molecule has 0 radical (unpaired) electrons. The maximum absolute atomic E-state index is 13.1. The zero-order chi connectivity index (χ0) is 20.9. The molecule has 3 unspecified atom stereocenters. The van der Waals surface area contributed by atoms with Crippen LogP contribution in [0.4, 0.5) is 0 Å². The van der Waals surface area contributed by atoms with Crippen molar-refractivity contribution in [1.29, 1.82) is 0 Å². The maximum atomic E-state index is 13.1. The van der Waals surface area contributed by atoms with Crippen LogP contribution in [0.1, 0.15) is 28.9 Å². The summed E-state index contributed by atoms with van der Waals surface area (Å²) in [6.45, 7) is 10.7. The minimum Gasteiger partial charge on any atom is -0.352 e. The average Bonchev–Trinajstić information content (AvgIpc) is 2.87. The molecule has 4 bridgehead atoms. The highest BCUT2D eigenvalue weighted by Gasteiger charge is 2.55. The van der Waals surface area contributed by atoms with Gasteiger partial charge in [0.1, 0.15) is 0 Å². The van der Waals surface area contributed by atoms with E-state index in [1.807, 2.05) is 18.7 Å². The number of hydrogen-bond donors (Lipinski definition) is 1. The average molecular weight is 408 g/mol. The highest BCUT2D eigenvalue weighted by Crippen LogP contribution is 2.43. The monoisotopic (exact) mass is 407 g/mol. The van der Waals surface area contributed by atoms with Gasteiger partial charge in [0, 0.05) is 75.8 Å². The summed E-state index contributed by atoms with van der Waals surface area (Å²) < 4.78 is 1.91. The van der Waals surface area contributed by atoms with Crippen LogP contribution < -0.4 is 5.32 Å². The van der Waals surface area contributed by atoms with E-state index in [1.165, 1.54) is 11.1 Å². The predicted molar refractivity (Wildman–Crippen MR) is 117 cm³/mol. The molecule has 4 aliphatic heterocycles. The molecule has 0 saturated carbocycles. The fourth-order valence-electron chi connectivity index (χ4n) is 6.23. The number of amides is 1. The van der Waals surface area contributed by atoms with Crippen molar-refractivity contribution < 1.29 is 4.79 Å². The van der Waals surface area contributed by atoms with Crippen molar-refractivity contribution in [1.82, 2.24) is 24.9 Å². The van der Waals surface area contributed by atoms with Crippen LogP contribution in [0, 0.1) is 19.8 Å². The third kappa shape index (κ3) is 3.26. The summed E-state index contributed by atoms with van der Waals surface area (Å²) >= 11 is 0. The number of rotatable bonds is 5. The van der Waals surface area contributed by atoms with Crippen LogP contribution in [0.2, 0.25) is 0 Å². The number of benzene rings is 1. The summed E-state index contributed by atoms with van der Waals surface area (Å²) in [4.78, 5) is 18.4. The molecule has 6 rings (SSSR count). The Labute approximate surface area is 179 Å². The lowest BCUT2D eigenvalue weighted by Gasteiger charge is -2.55. The van der Waals surface area contributed by atoms with E-state index < -0.39 is 0 Å². The van der Waals surface area contributed by atoms with Gasteiger partial charge in [-0.3, -0.25) is 9.48 Å². The van der Waals surface area contributed by atoms with Crippen molar-refractivity contribution in [3.05, 3.63) is 52.8 Å². The number of nitrogens with one attached hydrogen (secondary N) is 1. The van der Waals surface area contributed by atoms with Gasteiger partial charge in [0.2, 0.25) is 5.91 Å². The van der Waals surface area contributed by atoms with Gasteiger partial charge in [-0.15, -0.1) is 0 Å². The van der Waals surface area contributed by atoms with E-state index in [1.54, 1.807) is 0 Å². The summed E-state index contributed by atoms with van der Waals surface area (Å²) in [6, 6.07) is 11.1. The lowest BCUT2D eigenvalue weighted by atomic mass is 9.64.